The van der Waals surface area contributed by atoms with Gasteiger partial charge in [0, 0.05) is 50.3 Å². The molecule has 0 N–H and O–H groups in total. The number of nitrogens with zero attached hydrogens (tertiary/aromatic N) is 4. The highest BCUT2D eigenvalue weighted by molar-refractivity contribution is 5.96. The zero-order chi connectivity index (χ0) is 35.8. The first-order valence-corrected chi connectivity index (χ1v) is 18.9. The normalized spacial score (nSPS) is 17.4. The molecule has 0 aliphatic heterocycles. The van der Waals surface area contributed by atoms with Gasteiger partial charge < -0.3 is 9.32 Å². The van der Waals surface area contributed by atoms with Crippen LogP contribution in [0, 0.1) is 5.92 Å². The first kappa shape index (κ1) is 32.1. The zero-order valence-corrected chi connectivity index (χ0v) is 29.8. The first-order chi connectivity index (χ1) is 26.8. The third-order valence-corrected chi connectivity index (χ3v) is 10.9. The van der Waals surface area contributed by atoms with Gasteiger partial charge >= 0.3 is 0 Å². The Balaban J connectivity index is 1.11. The smallest absolute Gasteiger partial charge is 0.164 e. The van der Waals surface area contributed by atoms with Gasteiger partial charge in [-0.05, 0) is 85.2 Å². The zero-order valence-electron chi connectivity index (χ0n) is 29.8. The predicted octanol–water partition coefficient (Wildman–Crippen LogP) is 10.7. The van der Waals surface area contributed by atoms with E-state index in [-0.39, 0.29) is 5.92 Å². The van der Waals surface area contributed by atoms with Crippen LogP contribution in [-0.4, -0.2) is 15.0 Å². The number of furan rings is 1. The fourth-order valence-electron chi connectivity index (χ4n) is 8.34. The lowest BCUT2D eigenvalue weighted by Gasteiger charge is -2.31. The first-order valence-electron chi connectivity index (χ1n) is 18.9. The number of rotatable bonds is 7. The molecular weight excluding hydrogens is 661 g/mol. The van der Waals surface area contributed by atoms with Crippen LogP contribution in [0.5, 0.6) is 0 Å². The minimum Gasteiger partial charge on any atom is -0.456 e. The second-order valence-corrected chi connectivity index (χ2v) is 14.2. The van der Waals surface area contributed by atoms with E-state index in [1.807, 2.05) is 66.7 Å². The highest BCUT2D eigenvalue weighted by Gasteiger charge is 2.31. The second-order valence-electron chi connectivity index (χ2n) is 14.2. The monoisotopic (exact) mass is 698 g/mol. The average Bonchev–Trinajstić information content (AvgIpc) is 3.64. The van der Waals surface area contributed by atoms with Crippen molar-refractivity contribution in [3.63, 3.8) is 0 Å². The third-order valence-electron chi connectivity index (χ3n) is 10.9. The van der Waals surface area contributed by atoms with Gasteiger partial charge in [-0.1, -0.05) is 127 Å². The number of benzene rings is 5. The molecule has 2 heterocycles. The van der Waals surface area contributed by atoms with Gasteiger partial charge in [0.25, 0.3) is 0 Å². The van der Waals surface area contributed by atoms with Crippen LogP contribution >= 0.6 is 0 Å². The van der Waals surface area contributed by atoms with Crippen molar-refractivity contribution in [3.05, 3.63) is 186 Å². The minimum atomic E-state index is 0.182. The molecule has 2 atom stereocenters. The van der Waals surface area contributed by atoms with Gasteiger partial charge in [-0.3, -0.25) is 0 Å². The summed E-state index contributed by atoms with van der Waals surface area (Å²) in [6.45, 7) is 0. The topological polar surface area (TPSA) is 55.1 Å². The van der Waals surface area contributed by atoms with E-state index in [1.165, 1.54) is 16.8 Å². The van der Waals surface area contributed by atoms with Crippen LogP contribution in [-0.2, 0) is 0 Å². The van der Waals surface area contributed by atoms with Crippen LogP contribution in [0.15, 0.2) is 174 Å². The summed E-state index contributed by atoms with van der Waals surface area (Å²) >= 11 is 0. The summed E-state index contributed by atoms with van der Waals surface area (Å²) in [5.74, 6) is 2.43. The predicted molar refractivity (Wildman–Crippen MR) is 219 cm³/mol. The molecule has 2 aromatic heterocycles. The van der Waals surface area contributed by atoms with E-state index < -0.39 is 0 Å². The summed E-state index contributed by atoms with van der Waals surface area (Å²) in [7, 11) is 0. The molecule has 0 saturated heterocycles. The average molecular weight is 699 g/mol. The van der Waals surface area contributed by atoms with Crippen LogP contribution in [0.4, 0.5) is 11.4 Å². The van der Waals surface area contributed by atoms with E-state index in [4.69, 9.17) is 19.4 Å². The number of hydrogen-bond acceptors (Lipinski definition) is 5. The molecule has 260 valence electrons. The minimum absolute atomic E-state index is 0.182. The van der Waals surface area contributed by atoms with Crippen LogP contribution < -0.4 is 15.5 Å². The molecule has 0 fully saturated rings. The standard InChI is InChI=1S/C49H38N4O/c1-5-16-34(17-6-1)47-50-48(35-18-7-2-8-19-35)52-49(51-47)41-26-15-27-43-46(41)45-40-25-14-13-24-39(40)42(32-44(45)54-43)33-28-30-38(31-29-33)53(36-20-9-3-10-21-36)37-22-11-4-12-23-37/h1-3,5-11,14-23,25-32,39,42H,4,12-13,24H2. The Kier molecular flexibility index (Phi) is 8.17. The Labute approximate surface area is 314 Å². The van der Waals surface area contributed by atoms with Crippen LogP contribution in [0.25, 0.3) is 56.8 Å². The number of para-hydroxylation sites is 1. The summed E-state index contributed by atoms with van der Waals surface area (Å²) in [5, 5.41) is 2.21. The SMILES string of the molecule is C1=CC(N(c2ccccc2)c2ccc(C3C=c4oc5cccc(-c6nc(-c7ccccc7)nc(-c7ccccc7)n6)c5c4=C4C=CCCC43)cc2)=CCC1. The third kappa shape index (κ3) is 5.79. The van der Waals surface area contributed by atoms with Gasteiger partial charge in [-0.15, -0.1) is 0 Å². The largest absolute Gasteiger partial charge is 0.456 e. The van der Waals surface area contributed by atoms with E-state index in [9.17, 15) is 0 Å². The molecule has 5 aromatic carbocycles. The van der Waals surface area contributed by atoms with Crippen molar-refractivity contribution in [1.82, 2.24) is 15.0 Å². The Hall–Kier alpha value is -6.59. The molecule has 0 amide bonds. The van der Waals surface area contributed by atoms with Crippen molar-refractivity contribution in [2.24, 2.45) is 5.92 Å². The summed E-state index contributed by atoms with van der Waals surface area (Å²) < 4.78 is 6.78. The molecule has 0 saturated carbocycles. The van der Waals surface area contributed by atoms with E-state index in [2.05, 4.69) is 108 Å². The second kappa shape index (κ2) is 13.8. The lowest BCUT2D eigenvalue weighted by Crippen LogP contribution is -2.34. The maximum Gasteiger partial charge on any atom is 0.164 e. The van der Waals surface area contributed by atoms with Crippen molar-refractivity contribution < 1.29 is 4.42 Å². The quantitative estimate of drug-likeness (QED) is 0.166. The van der Waals surface area contributed by atoms with Crippen molar-refractivity contribution in [2.45, 2.75) is 31.6 Å². The Morgan fingerprint density at radius 3 is 1.91 bits per heavy atom. The van der Waals surface area contributed by atoms with Gasteiger partial charge in [0.1, 0.15) is 11.0 Å². The molecule has 54 heavy (non-hydrogen) atoms. The molecule has 5 nitrogen and oxygen atoms in total. The van der Waals surface area contributed by atoms with Crippen LogP contribution in [0.1, 0.15) is 37.2 Å². The summed E-state index contributed by atoms with van der Waals surface area (Å²) in [4.78, 5) is 17.5. The van der Waals surface area contributed by atoms with Crippen molar-refractivity contribution in [1.29, 1.82) is 0 Å². The molecular formula is C49H38N4O. The maximum atomic E-state index is 6.78. The molecule has 2 unspecified atom stereocenters. The fourth-order valence-corrected chi connectivity index (χ4v) is 8.34. The fraction of sp³-hybridized carbons (Fsp3) is 0.122. The van der Waals surface area contributed by atoms with E-state index in [0.717, 1.165) is 75.4 Å². The van der Waals surface area contributed by atoms with Gasteiger partial charge in [-0.25, -0.2) is 15.0 Å². The van der Waals surface area contributed by atoms with E-state index >= 15 is 0 Å². The molecule has 3 aliphatic rings. The highest BCUT2D eigenvalue weighted by atomic mass is 16.3. The molecule has 0 spiro atoms. The summed E-state index contributed by atoms with van der Waals surface area (Å²) in [6, 6.07) is 46.4. The van der Waals surface area contributed by atoms with E-state index in [1.54, 1.807) is 0 Å². The Bertz CT molecular complexity index is 2650. The molecule has 10 rings (SSSR count). The lowest BCUT2D eigenvalue weighted by atomic mass is 9.73. The van der Waals surface area contributed by atoms with Crippen LogP contribution in [0.3, 0.4) is 0 Å². The molecule has 0 bridgehead atoms. The molecule has 3 aliphatic carbocycles. The summed E-state index contributed by atoms with van der Waals surface area (Å²) in [5.41, 5.74) is 10.7. The summed E-state index contributed by atoms with van der Waals surface area (Å²) in [6.07, 6.45) is 18.1. The van der Waals surface area contributed by atoms with Crippen LogP contribution in [0.2, 0.25) is 0 Å². The Morgan fingerprint density at radius 1 is 0.574 bits per heavy atom. The molecule has 7 aromatic rings. The molecule has 0 radical (unpaired) electrons. The number of allylic oxidation sites excluding steroid dienone is 5. The number of anilines is 2. The van der Waals surface area contributed by atoms with Crippen molar-refractivity contribution in [3.8, 4) is 34.2 Å². The van der Waals surface area contributed by atoms with Gasteiger partial charge in [0.2, 0.25) is 0 Å². The van der Waals surface area contributed by atoms with Crippen molar-refractivity contribution >= 4 is 34.0 Å². The van der Waals surface area contributed by atoms with Gasteiger partial charge in [0.15, 0.2) is 17.5 Å². The van der Waals surface area contributed by atoms with Gasteiger partial charge in [-0.2, -0.15) is 0 Å². The number of hydrogen-bond donors (Lipinski definition) is 0. The Morgan fingerprint density at radius 2 is 1.22 bits per heavy atom. The number of aromatic nitrogens is 3. The van der Waals surface area contributed by atoms with E-state index in [0.29, 0.717) is 23.4 Å². The van der Waals surface area contributed by atoms with Crippen molar-refractivity contribution in [2.75, 3.05) is 4.90 Å². The lowest BCUT2D eigenvalue weighted by molar-refractivity contribution is 0.527. The highest BCUT2D eigenvalue weighted by Crippen LogP contribution is 2.42. The van der Waals surface area contributed by atoms with Gasteiger partial charge in [0.05, 0.1) is 0 Å². The molecule has 5 heteroatoms. The maximum absolute atomic E-state index is 6.78. The number of fused-ring (bicyclic) bond motifs is 4.